The zero-order valence-corrected chi connectivity index (χ0v) is 13.3. The van der Waals surface area contributed by atoms with E-state index in [1.807, 2.05) is 18.2 Å². The monoisotopic (exact) mass is 328 g/mol. The van der Waals surface area contributed by atoms with E-state index in [2.05, 4.69) is 32.7 Å². The average molecular weight is 329 g/mol. The first-order valence-electron chi connectivity index (χ1n) is 7.36. The second-order valence-corrected chi connectivity index (χ2v) is 5.64. The van der Waals surface area contributed by atoms with E-state index in [9.17, 15) is 0 Å². The average Bonchev–Trinajstić information content (AvgIpc) is 2.56. The van der Waals surface area contributed by atoms with Crippen LogP contribution in [-0.2, 0) is 0 Å². The lowest BCUT2D eigenvalue weighted by Crippen LogP contribution is -2.43. The third-order valence-electron chi connectivity index (χ3n) is 3.74. The number of nitrogen functional groups attached to an aromatic ring is 1. The van der Waals surface area contributed by atoms with Crippen LogP contribution in [0.3, 0.4) is 0 Å². The number of nitriles is 1. The number of benzene rings is 1. The molecule has 0 bridgehead atoms. The van der Waals surface area contributed by atoms with E-state index in [1.54, 1.807) is 6.07 Å². The Morgan fingerprint density at radius 2 is 1.96 bits per heavy atom. The summed E-state index contributed by atoms with van der Waals surface area (Å²) < 4.78 is 0. The molecule has 1 aromatic heterocycles. The molecule has 0 radical (unpaired) electrons. The number of anilines is 4. The number of halogens is 1. The summed E-state index contributed by atoms with van der Waals surface area (Å²) in [4.78, 5) is 6.49. The molecule has 4 N–H and O–H groups in total. The minimum Gasteiger partial charge on any atom is -0.397 e. The molecule has 0 atom stereocenters. The summed E-state index contributed by atoms with van der Waals surface area (Å²) in [5, 5.41) is 15.5. The van der Waals surface area contributed by atoms with E-state index in [4.69, 9.17) is 22.6 Å². The molecule has 1 saturated heterocycles. The number of nitrogens with zero attached hydrogens (tertiary/aromatic N) is 3. The fraction of sp³-hybridized carbons (Fsp3) is 0.250. The molecule has 0 unspecified atom stereocenters. The van der Waals surface area contributed by atoms with Crippen LogP contribution in [0.15, 0.2) is 30.3 Å². The van der Waals surface area contributed by atoms with Crippen molar-refractivity contribution in [1.29, 1.82) is 5.26 Å². The number of rotatable bonds is 3. The summed E-state index contributed by atoms with van der Waals surface area (Å²) in [7, 11) is 0. The van der Waals surface area contributed by atoms with Crippen LogP contribution in [-0.4, -0.2) is 31.2 Å². The molecule has 2 aromatic rings. The van der Waals surface area contributed by atoms with Crippen molar-refractivity contribution in [1.82, 2.24) is 10.3 Å². The van der Waals surface area contributed by atoms with Gasteiger partial charge in [0.2, 0.25) is 0 Å². The number of hydrogen-bond donors (Lipinski definition) is 3. The minimum atomic E-state index is 0.104. The Morgan fingerprint density at radius 1 is 1.26 bits per heavy atom. The number of aromatic nitrogens is 1. The summed E-state index contributed by atoms with van der Waals surface area (Å²) in [5.74, 6) is 0.515. The third-order valence-corrected chi connectivity index (χ3v) is 4.01. The van der Waals surface area contributed by atoms with E-state index in [0.29, 0.717) is 11.5 Å². The molecule has 3 rings (SSSR count). The van der Waals surface area contributed by atoms with Gasteiger partial charge in [0, 0.05) is 43.6 Å². The Morgan fingerprint density at radius 3 is 2.57 bits per heavy atom. The molecule has 1 aliphatic rings. The van der Waals surface area contributed by atoms with Crippen LogP contribution in [0.4, 0.5) is 22.9 Å². The van der Waals surface area contributed by atoms with Crippen LogP contribution in [0.2, 0.25) is 5.15 Å². The standard InChI is InChI=1S/C16H17ClN6/c17-16-13(10-18)14(19)9-15(22-16)21-11-1-3-12(4-2-11)23-7-5-20-6-8-23/h1-4,9,20H,5-8H2,(H3,19,21,22). The van der Waals surface area contributed by atoms with Gasteiger partial charge in [-0.3, -0.25) is 0 Å². The summed E-state index contributed by atoms with van der Waals surface area (Å²) in [6.07, 6.45) is 0. The van der Waals surface area contributed by atoms with Gasteiger partial charge < -0.3 is 21.3 Å². The van der Waals surface area contributed by atoms with Gasteiger partial charge in [-0.05, 0) is 24.3 Å². The second-order valence-electron chi connectivity index (χ2n) is 5.28. The number of piperazine rings is 1. The van der Waals surface area contributed by atoms with E-state index < -0.39 is 0 Å². The molecule has 118 valence electrons. The first-order valence-corrected chi connectivity index (χ1v) is 7.74. The molecule has 23 heavy (non-hydrogen) atoms. The smallest absolute Gasteiger partial charge is 0.151 e. The van der Waals surface area contributed by atoms with Gasteiger partial charge in [-0.1, -0.05) is 11.6 Å². The number of nitrogens with two attached hydrogens (primary N) is 1. The predicted octanol–water partition coefficient (Wildman–Crippen LogP) is 2.34. The maximum Gasteiger partial charge on any atom is 0.151 e. The Kier molecular flexibility index (Phi) is 4.51. The summed E-state index contributed by atoms with van der Waals surface area (Å²) in [6.45, 7) is 4.03. The SMILES string of the molecule is N#Cc1c(N)cc(Nc2ccc(N3CCNCC3)cc2)nc1Cl. The highest BCUT2D eigenvalue weighted by molar-refractivity contribution is 6.31. The quantitative estimate of drug-likeness (QED) is 0.749. The van der Waals surface area contributed by atoms with Crippen LogP contribution < -0.4 is 21.3 Å². The van der Waals surface area contributed by atoms with Gasteiger partial charge in [-0.25, -0.2) is 4.98 Å². The predicted molar refractivity (Wildman–Crippen MR) is 93.2 cm³/mol. The minimum absolute atomic E-state index is 0.104. The van der Waals surface area contributed by atoms with Gasteiger partial charge >= 0.3 is 0 Å². The van der Waals surface area contributed by atoms with E-state index in [0.717, 1.165) is 31.9 Å². The first-order chi connectivity index (χ1) is 11.2. The fourth-order valence-corrected chi connectivity index (χ4v) is 2.78. The Bertz CT molecular complexity index is 708. The number of nitrogens with one attached hydrogen (secondary N) is 2. The zero-order chi connectivity index (χ0) is 16.2. The first kappa shape index (κ1) is 15.4. The van der Waals surface area contributed by atoms with Gasteiger partial charge in [0.15, 0.2) is 5.15 Å². The molecule has 0 aliphatic carbocycles. The summed E-state index contributed by atoms with van der Waals surface area (Å²) in [6, 6.07) is 11.7. The molecule has 0 spiro atoms. The molecule has 6 nitrogen and oxygen atoms in total. The van der Waals surface area contributed by atoms with Crippen LogP contribution in [0, 0.1) is 11.3 Å². The van der Waals surface area contributed by atoms with E-state index in [-0.39, 0.29) is 10.7 Å². The van der Waals surface area contributed by atoms with Crippen molar-refractivity contribution in [2.45, 2.75) is 0 Å². The fourth-order valence-electron chi connectivity index (χ4n) is 2.53. The molecule has 1 fully saturated rings. The lowest BCUT2D eigenvalue weighted by Gasteiger charge is -2.29. The molecule has 2 heterocycles. The largest absolute Gasteiger partial charge is 0.397 e. The van der Waals surface area contributed by atoms with Crippen molar-refractivity contribution in [2.24, 2.45) is 0 Å². The lowest BCUT2D eigenvalue weighted by molar-refractivity contribution is 0.589. The van der Waals surface area contributed by atoms with E-state index >= 15 is 0 Å². The van der Waals surface area contributed by atoms with Gasteiger partial charge in [-0.15, -0.1) is 0 Å². The lowest BCUT2D eigenvalue weighted by atomic mass is 10.2. The van der Waals surface area contributed by atoms with Gasteiger partial charge in [0.1, 0.15) is 17.5 Å². The van der Waals surface area contributed by atoms with Crippen molar-refractivity contribution >= 4 is 34.5 Å². The van der Waals surface area contributed by atoms with Crippen molar-refractivity contribution in [3.63, 3.8) is 0 Å². The van der Waals surface area contributed by atoms with Crippen molar-refractivity contribution in [3.8, 4) is 6.07 Å². The Labute approximate surface area is 139 Å². The molecular formula is C16H17ClN6. The molecule has 0 saturated carbocycles. The maximum atomic E-state index is 8.95. The normalized spacial score (nSPS) is 14.3. The van der Waals surface area contributed by atoms with Crippen molar-refractivity contribution < 1.29 is 0 Å². The van der Waals surface area contributed by atoms with Crippen molar-refractivity contribution in [2.75, 3.05) is 42.1 Å². The summed E-state index contributed by atoms with van der Waals surface area (Å²) >= 11 is 5.96. The van der Waals surface area contributed by atoms with Gasteiger partial charge in [0.05, 0.1) is 5.69 Å². The van der Waals surface area contributed by atoms with Gasteiger partial charge in [-0.2, -0.15) is 5.26 Å². The molecule has 1 aromatic carbocycles. The highest BCUT2D eigenvalue weighted by Crippen LogP contribution is 2.26. The van der Waals surface area contributed by atoms with E-state index in [1.165, 1.54) is 5.69 Å². The second kappa shape index (κ2) is 6.73. The zero-order valence-electron chi connectivity index (χ0n) is 12.5. The topological polar surface area (TPSA) is 90.0 Å². The molecular weight excluding hydrogens is 312 g/mol. The molecule has 0 amide bonds. The Hall–Kier alpha value is -2.49. The van der Waals surface area contributed by atoms with Crippen LogP contribution >= 0.6 is 11.6 Å². The van der Waals surface area contributed by atoms with Crippen LogP contribution in [0.25, 0.3) is 0 Å². The van der Waals surface area contributed by atoms with Crippen LogP contribution in [0.5, 0.6) is 0 Å². The maximum absolute atomic E-state index is 8.95. The number of pyridine rings is 1. The van der Waals surface area contributed by atoms with Crippen molar-refractivity contribution in [3.05, 3.63) is 41.0 Å². The summed E-state index contributed by atoms with van der Waals surface area (Å²) in [5.41, 5.74) is 8.40. The highest BCUT2D eigenvalue weighted by atomic mass is 35.5. The third kappa shape index (κ3) is 3.47. The molecule has 1 aliphatic heterocycles. The Balaban J connectivity index is 1.75. The van der Waals surface area contributed by atoms with Crippen LogP contribution in [0.1, 0.15) is 5.56 Å². The number of hydrogen-bond acceptors (Lipinski definition) is 6. The molecule has 7 heteroatoms. The van der Waals surface area contributed by atoms with Gasteiger partial charge in [0.25, 0.3) is 0 Å². The highest BCUT2D eigenvalue weighted by Gasteiger charge is 2.11.